The maximum atomic E-state index is 11.6. The summed E-state index contributed by atoms with van der Waals surface area (Å²) in [4.78, 5) is 11.6. The molecular weight excluding hydrogens is 402 g/mol. The predicted octanol–water partition coefficient (Wildman–Crippen LogP) is 4.98. The van der Waals surface area contributed by atoms with Gasteiger partial charge in [0, 0.05) is 12.0 Å². The first-order chi connectivity index (χ1) is 14.5. The van der Waals surface area contributed by atoms with Crippen LogP contribution in [-0.4, -0.2) is 26.3 Å². The van der Waals surface area contributed by atoms with Gasteiger partial charge in [-0.1, -0.05) is 36.6 Å². The van der Waals surface area contributed by atoms with Gasteiger partial charge in [0.1, 0.15) is 17.6 Å². The Balaban J connectivity index is 1.86. The molecule has 0 aliphatic rings. The minimum absolute atomic E-state index is 0.136. The van der Waals surface area contributed by atoms with Gasteiger partial charge in [-0.2, -0.15) is 5.26 Å². The van der Waals surface area contributed by atoms with Crippen LogP contribution in [0.4, 0.5) is 0 Å². The van der Waals surface area contributed by atoms with Gasteiger partial charge in [-0.05, 0) is 36.8 Å². The summed E-state index contributed by atoms with van der Waals surface area (Å²) in [6.45, 7) is 4.69. The van der Waals surface area contributed by atoms with E-state index < -0.39 is 0 Å². The third-order valence-corrected chi connectivity index (χ3v) is 4.64. The van der Waals surface area contributed by atoms with Crippen molar-refractivity contribution in [1.82, 2.24) is 0 Å². The summed E-state index contributed by atoms with van der Waals surface area (Å²) in [5.41, 5.74) is 1.36. The largest absolute Gasteiger partial charge is 0.493 e. The number of nitrogens with zero attached hydrogens (tertiary/aromatic N) is 1. The zero-order chi connectivity index (χ0) is 21.9. The highest BCUT2D eigenvalue weighted by Crippen LogP contribution is 2.24. The van der Waals surface area contributed by atoms with Crippen LogP contribution in [0.1, 0.15) is 37.3 Å². The number of rotatable bonds is 9. The van der Waals surface area contributed by atoms with E-state index >= 15 is 0 Å². The second-order valence-corrected chi connectivity index (χ2v) is 7.18. The van der Waals surface area contributed by atoms with Crippen molar-refractivity contribution >= 4 is 17.6 Å². The van der Waals surface area contributed by atoms with Crippen LogP contribution in [-0.2, 0) is 9.53 Å². The smallest absolute Gasteiger partial charge is 0.307 e. The van der Waals surface area contributed by atoms with Crippen molar-refractivity contribution in [2.75, 3.05) is 20.3 Å². The van der Waals surface area contributed by atoms with Gasteiger partial charge in [-0.25, -0.2) is 0 Å². The number of nitriles is 1. The summed E-state index contributed by atoms with van der Waals surface area (Å²) in [7, 11) is 1.37. The summed E-state index contributed by atoms with van der Waals surface area (Å²) in [5.74, 6) is 6.89. The Labute approximate surface area is 182 Å². The summed E-state index contributed by atoms with van der Waals surface area (Å²) in [5, 5.41) is 9.28. The van der Waals surface area contributed by atoms with E-state index in [1.54, 1.807) is 25.1 Å². The van der Waals surface area contributed by atoms with E-state index in [9.17, 15) is 4.79 Å². The Morgan fingerprint density at radius 2 is 1.73 bits per heavy atom. The maximum Gasteiger partial charge on any atom is 0.307 e. The second kappa shape index (κ2) is 11.8. The second-order valence-electron chi connectivity index (χ2n) is 6.78. The number of benzene rings is 2. The molecule has 6 heteroatoms. The van der Waals surface area contributed by atoms with Crippen LogP contribution >= 0.6 is 11.6 Å². The van der Waals surface area contributed by atoms with Crippen molar-refractivity contribution in [3.63, 3.8) is 0 Å². The van der Waals surface area contributed by atoms with Crippen molar-refractivity contribution in [1.29, 1.82) is 5.26 Å². The molecule has 2 unspecified atom stereocenters. The molecule has 0 N–H and O–H groups in total. The van der Waals surface area contributed by atoms with Crippen LogP contribution in [0.25, 0.3) is 0 Å². The van der Waals surface area contributed by atoms with Crippen molar-refractivity contribution in [2.24, 2.45) is 5.92 Å². The van der Waals surface area contributed by atoms with Crippen LogP contribution in [0.15, 0.2) is 42.5 Å². The SMILES string of the molecule is CC#CC(CC(=O)OC)c1ccc(OCC(C)COc2ccc(C#N)c(Cl)c2)cc1. The molecule has 0 saturated carbocycles. The van der Waals surface area contributed by atoms with E-state index in [-0.39, 0.29) is 24.2 Å². The molecule has 5 nitrogen and oxygen atoms in total. The number of esters is 1. The molecule has 0 aromatic heterocycles. The van der Waals surface area contributed by atoms with Gasteiger partial charge >= 0.3 is 5.97 Å². The minimum Gasteiger partial charge on any atom is -0.493 e. The summed E-state index contributed by atoms with van der Waals surface area (Å²) in [6.07, 6.45) is 0.214. The number of methoxy groups -OCH3 is 1. The highest BCUT2D eigenvalue weighted by atomic mass is 35.5. The van der Waals surface area contributed by atoms with Crippen LogP contribution in [0.3, 0.4) is 0 Å². The molecule has 0 amide bonds. The molecule has 0 aliphatic heterocycles. The molecule has 0 fully saturated rings. The molecule has 0 radical (unpaired) electrons. The lowest BCUT2D eigenvalue weighted by Crippen LogP contribution is -2.16. The molecule has 30 heavy (non-hydrogen) atoms. The lowest BCUT2D eigenvalue weighted by Gasteiger charge is -2.15. The standard InChI is InChI=1S/C24H24ClNO4/c1-4-5-19(12-24(27)28-3)18-6-9-21(10-7-18)29-15-17(2)16-30-22-11-8-20(14-26)23(25)13-22/h6-11,13,17,19H,12,15-16H2,1-3H3. The van der Waals surface area contributed by atoms with E-state index in [4.69, 9.17) is 31.1 Å². The average molecular weight is 426 g/mol. The number of halogens is 1. The average Bonchev–Trinajstić information content (AvgIpc) is 2.76. The first kappa shape index (κ1) is 23.1. The van der Waals surface area contributed by atoms with Gasteiger partial charge in [0.15, 0.2) is 0 Å². The molecule has 2 atom stereocenters. The van der Waals surface area contributed by atoms with Gasteiger partial charge in [0.25, 0.3) is 0 Å². The van der Waals surface area contributed by atoms with Gasteiger partial charge in [-0.3, -0.25) is 4.79 Å². The number of carbonyl (C=O) groups excluding carboxylic acids is 1. The number of hydrogen-bond acceptors (Lipinski definition) is 5. The topological polar surface area (TPSA) is 68.6 Å². The fourth-order valence-electron chi connectivity index (χ4n) is 2.67. The Bertz CT molecular complexity index is 954. The van der Waals surface area contributed by atoms with Crippen LogP contribution in [0.2, 0.25) is 5.02 Å². The van der Waals surface area contributed by atoms with Gasteiger partial charge in [0.05, 0.1) is 43.2 Å². The minimum atomic E-state index is -0.291. The van der Waals surface area contributed by atoms with E-state index in [0.29, 0.717) is 29.5 Å². The molecule has 2 aromatic carbocycles. The van der Waals surface area contributed by atoms with Gasteiger partial charge in [-0.15, -0.1) is 5.92 Å². The summed E-state index contributed by atoms with van der Waals surface area (Å²) < 4.78 is 16.3. The third-order valence-electron chi connectivity index (χ3n) is 4.33. The molecule has 0 bridgehead atoms. The maximum absolute atomic E-state index is 11.6. The van der Waals surface area contributed by atoms with Crippen molar-refractivity contribution in [3.05, 3.63) is 58.6 Å². The molecule has 2 rings (SSSR count). The van der Waals surface area contributed by atoms with E-state index in [0.717, 1.165) is 11.3 Å². The Hall–Kier alpha value is -3.15. The fraction of sp³-hybridized carbons (Fsp3) is 0.333. The molecular formula is C24H24ClNO4. The monoisotopic (exact) mass is 425 g/mol. The lowest BCUT2D eigenvalue weighted by molar-refractivity contribution is -0.140. The molecule has 0 heterocycles. The van der Waals surface area contributed by atoms with Crippen LogP contribution < -0.4 is 9.47 Å². The normalized spacial score (nSPS) is 12.0. The molecule has 0 spiro atoms. The Morgan fingerprint density at radius 1 is 1.10 bits per heavy atom. The van der Waals surface area contributed by atoms with Crippen molar-refractivity contribution < 1.29 is 19.0 Å². The molecule has 0 saturated heterocycles. The number of ether oxygens (including phenoxy) is 3. The Morgan fingerprint density at radius 3 is 2.30 bits per heavy atom. The summed E-state index contributed by atoms with van der Waals surface area (Å²) in [6, 6.07) is 14.6. The fourth-order valence-corrected chi connectivity index (χ4v) is 2.89. The van der Waals surface area contributed by atoms with Gasteiger partial charge in [0.2, 0.25) is 0 Å². The van der Waals surface area contributed by atoms with E-state index in [1.807, 2.05) is 37.3 Å². The van der Waals surface area contributed by atoms with Crippen LogP contribution in [0, 0.1) is 29.1 Å². The predicted molar refractivity (Wildman–Crippen MR) is 116 cm³/mol. The van der Waals surface area contributed by atoms with Crippen molar-refractivity contribution in [3.8, 4) is 29.4 Å². The molecule has 2 aromatic rings. The molecule has 156 valence electrons. The van der Waals surface area contributed by atoms with Crippen molar-refractivity contribution in [2.45, 2.75) is 26.2 Å². The van der Waals surface area contributed by atoms with Crippen LogP contribution in [0.5, 0.6) is 11.5 Å². The quantitative estimate of drug-likeness (QED) is 0.419. The first-order valence-electron chi connectivity index (χ1n) is 9.51. The molecule has 0 aliphatic carbocycles. The third kappa shape index (κ3) is 7.03. The number of carbonyl (C=O) groups is 1. The van der Waals surface area contributed by atoms with E-state index in [1.165, 1.54) is 7.11 Å². The zero-order valence-corrected chi connectivity index (χ0v) is 18.0. The number of hydrogen-bond donors (Lipinski definition) is 0. The zero-order valence-electron chi connectivity index (χ0n) is 17.3. The first-order valence-corrected chi connectivity index (χ1v) is 9.89. The highest BCUT2D eigenvalue weighted by Gasteiger charge is 2.14. The van der Waals surface area contributed by atoms with Gasteiger partial charge < -0.3 is 14.2 Å². The highest BCUT2D eigenvalue weighted by molar-refractivity contribution is 6.31. The Kier molecular flexibility index (Phi) is 9.06. The van der Waals surface area contributed by atoms with E-state index in [2.05, 4.69) is 11.8 Å². The summed E-state index contributed by atoms with van der Waals surface area (Å²) >= 11 is 6.02. The lowest BCUT2D eigenvalue weighted by atomic mass is 9.96.